The minimum Gasteiger partial charge on any atom is -0.382 e. The number of nitrogen functional groups attached to an aromatic ring is 2. The standard InChI is InChI=1S/C21H26N4O3.C21H26N4O2/c1-4-20(3)14(2)18(27-12-15-8-6-5-7-9-15)21(26,28-20)17-11-10-16-19(22)23-13-24-25(16)17;1-4-21(3)14(2)18(26-12-15-8-6-5-7-9-15)19(27-21)16-10-11-17-20(22)23-13-24-25(16)17/h5-11,13-14,18,26H,4,12H2,1-3H3,(H2,22,23,24);5-11,13-14,18-19H,4,12H2,1-3H3,(H2,22,23,24)/t14-,18+,20+,21?;14-,18+,19-,21+/m00/s1. The highest BCUT2D eigenvalue weighted by molar-refractivity contribution is 5.66. The van der Waals surface area contributed by atoms with Gasteiger partial charge >= 0.3 is 0 Å². The number of fused-ring (bicyclic) bond motifs is 2. The van der Waals surface area contributed by atoms with Gasteiger partial charge in [0, 0.05) is 11.8 Å². The van der Waals surface area contributed by atoms with Crippen LogP contribution in [0.2, 0.25) is 0 Å². The Hall–Kier alpha value is -4.92. The zero-order valence-corrected chi connectivity index (χ0v) is 32.4. The molecule has 6 aromatic rings. The molecule has 2 aromatic carbocycles. The van der Waals surface area contributed by atoms with Gasteiger partial charge in [-0.25, -0.2) is 19.0 Å². The summed E-state index contributed by atoms with van der Waals surface area (Å²) in [6.07, 6.45) is 3.62. The summed E-state index contributed by atoms with van der Waals surface area (Å²) < 4.78 is 28.9. The normalized spacial score (nSPS) is 29.1. The van der Waals surface area contributed by atoms with Crippen molar-refractivity contribution in [2.75, 3.05) is 11.5 Å². The van der Waals surface area contributed by atoms with Crippen molar-refractivity contribution in [1.29, 1.82) is 0 Å². The van der Waals surface area contributed by atoms with Gasteiger partial charge in [-0.1, -0.05) is 88.4 Å². The molecule has 8 atom stereocenters. The molecule has 55 heavy (non-hydrogen) atoms. The summed E-state index contributed by atoms with van der Waals surface area (Å²) in [5.41, 5.74) is 16.2. The molecule has 8 rings (SSSR count). The Balaban J connectivity index is 0.000000169. The fourth-order valence-corrected chi connectivity index (χ4v) is 7.89. The Bertz CT molecular complexity index is 2220. The number of nitrogens with zero attached hydrogens (tertiary/aromatic N) is 6. The molecular weight excluding hydrogens is 697 g/mol. The van der Waals surface area contributed by atoms with E-state index in [1.165, 1.54) is 12.7 Å². The van der Waals surface area contributed by atoms with E-state index >= 15 is 0 Å². The monoisotopic (exact) mass is 748 g/mol. The second kappa shape index (κ2) is 15.3. The number of rotatable bonds is 10. The van der Waals surface area contributed by atoms with Crippen LogP contribution in [0.15, 0.2) is 97.6 Å². The second-order valence-electron chi connectivity index (χ2n) is 15.1. The van der Waals surface area contributed by atoms with Gasteiger partial charge in [-0.2, -0.15) is 10.2 Å². The van der Waals surface area contributed by atoms with Crippen LogP contribution in [0.1, 0.15) is 83.0 Å². The van der Waals surface area contributed by atoms with Crippen LogP contribution in [-0.4, -0.2) is 57.7 Å². The van der Waals surface area contributed by atoms with Gasteiger partial charge in [0.05, 0.1) is 36.2 Å². The number of hydrogen-bond donors (Lipinski definition) is 3. The summed E-state index contributed by atoms with van der Waals surface area (Å²) in [5.74, 6) is -0.665. The summed E-state index contributed by atoms with van der Waals surface area (Å²) in [6, 6.07) is 27.6. The fraction of sp³-hybridized carbons (Fsp3) is 0.429. The average molecular weight is 749 g/mol. The highest BCUT2D eigenvalue weighted by Crippen LogP contribution is 2.50. The molecule has 0 radical (unpaired) electrons. The van der Waals surface area contributed by atoms with Crippen LogP contribution in [0.3, 0.4) is 0 Å². The molecule has 4 aromatic heterocycles. The molecule has 2 aliphatic heterocycles. The Kier molecular flexibility index (Phi) is 10.7. The van der Waals surface area contributed by atoms with Gasteiger partial charge in [0.15, 0.2) is 11.6 Å². The third-order valence-electron chi connectivity index (χ3n) is 12.0. The molecule has 6 heterocycles. The van der Waals surface area contributed by atoms with E-state index in [1.807, 2.05) is 79.0 Å². The van der Waals surface area contributed by atoms with Crippen LogP contribution in [0.4, 0.5) is 11.6 Å². The molecule has 5 N–H and O–H groups in total. The zero-order chi connectivity index (χ0) is 39.0. The van der Waals surface area contributed by atoms with Crippen molar-refractivity contribution >= 4 is 22.7 Å². The fourth-order valence-electron chi connectivity index (χ4n) is 7.89. The van der Waals surface area contributed by atoms with Gasteiger partial charge in [0.25, 0.3) is 0 Å². The van der Waals surface area contributed by atoms with Gasteiger partial charge < -0.3 is 35.5 Å². The number of aromatic nitrogens is 6. The van der Waals surface area contributed by atoms with Crippen LogP contribution >= 0.6 is 0 Å². The van der Waals surface area contributed by atoms with E-state index < -0.39 is 17.5 Å². The van der Waals surface area contributed by atoms with Crippen molar-refractivity contribution in [2.45, 2.75) is 103 Å². The minimum atomic E-state index is -1.66. The smallest absolute Gasteiger partial charge is 0.238 e. The quantitative estimate of drug-likeness (QED) is 0.137. The molecule has 0 bridgehead atoms. The van der Waals surface area contributed by atoms with Crippen molar-refractivity contribution in [3.8, 4) is 0 Å². The molecular formula is C42H52N8O5. The largest absolute Gasteiger partial charge is 0.382 e. The summed E-state index contributed by atoms with van der Waals surface area (Å²) in [4.78, 5) is 8.09. The lowest BCUT2D eigenvalue weighted by Gasteiger charge is -2.30. The Morgan fingerprint density at radius 2 is 1.25 bits per heavy atom. The first-order valence-electron chi connectivity index (χ1n) is 19.0. The molecule has 2 fully saturated rings. The second-order valence-corrected chi connectivity index (χ2v) is 15.1. The van der Waals surface area contributed by atoms with Gasteiger partial charge in [-0.05, 0) is 62.1 Å². The molecule has 0 saturated carbocycles. The first-order chi connectivity index (χ1) is 26.4. The first kappa shape index (κ1) is 38.4. The van der Waals surface area contributed by atoms with Gasteiger partial charge in [0.1, 0.15) is 41.6 Å². The molecule has 0 spiro atoms. The topological polar surface area (TPSA) is 170 Å². The number of hydrogen-bond acceptors (Lipinski definition) is 11. The van der Waals surface area contributed by atoms with Crippen LogP contribution in [0, 0.1) is 11.8 Å². The summed E-state index contributed by atoms with van der Waals surface area (Å²) in [5, 5.41) is 20.4. The molecule has 0 aliphatic carbocycles. The van der Waals surface area contributed by atoms with Gasteiger partial charge in [-0.15, -0.1) is 0 Å². The molecule has 13 nitrogen and oxygen atoms in total. The van der Waals surface area contributed by atoms with Crippen molar-refractivity contribution in [2.24, 2.45) is 11.8 Å². The molecule has 13 heteroatoms. The first-order valence-corrected chi connectivity index (χ1v) is 19.0. The van der Waals surface area contributed by atoms with E-state index in [0.29, 0.717) is 36.1 Å². The highest BCUT2D eigenvalue weighted by Gasteiger charge is 2.60. The Morgan fingerprint density at radius 1 is 0.709 bits per heavy atom. The van der Waals surface area contributed by atoms with Crippen molar-refractivity contribution < 1.29 is 24.1 Å². The van der Waals surface area contributed by atoms with E-state index in [0.717, 1.165) is 35.2 Å². The molecule has 0 amide bonds. The van der Waals surface area contributed by atoms with Crippen LogP contribution in [0.25, 0.3) is 11.0 Å². The van der Waals surface area contributed by atoms with E-state index in [1.54, 1.807) is 16.6 Å². The Morgan fingerprint density at radius 3 is 1.85 bits per heavy atom. The zero-order valence-electron chi connectivity index (χ0n) is 32.4. The number of ether oxygens (including phenoxy) is 4. The van der Waals surface area contributed by atoms with Crippen LogP contribution in [0.5, 0.6) is 0 Å². The van der Waals surface area contributed by atoms with Crippen LogP contribution < -0.4 is 11.5 Å². The molecule has 2 aliphatic rings. The van der Waals surface area contributed by atoms with E-state index in [9.17, 15) is 5.11 Å². The molecule has 290 valence electrons. The summed E-state index contributed by atoms with van der Waals surface area (Å²) in [6.45, 7) is 13.6. The summed E-state index contributed by atoms with van der Waals surface area (Å²) in [7, 11) is 0. The lowest BCUT2D eigenvalue weighted by molar-refractivity contribution is -0.267. The predicted molar refractivity (Wildman–Crippen MR) is 209 cm³/mol. The van der Waals surface area contributed by atoms with Crippen molar-refractivity contribution in [1.82, 2.24) is 29.2 Å². The average Bonchev–Trinajstić information content (AvgIpc) is 3.94. The third-order valence-corrected chi connectivity index (χ3v) is 12.0. The van der Waals surface area contributed by atoms with Gasteiger partial charge in [0.2, 0.25) is 5.79 Å². The number of aliphatic hydroxyl groups is 1. The maximum absolute atomic E-state index is 11.7. The maximum Gasteiger partial charge on any atom is 0.238 e. The SMILES string of the molecule is CC[C@@]1(C)OC(O)(c2ccc3c(N)ncnn23)[C@H](OCc2ccccc2)[C@@H]1C.CC[C@@]1(C)O[C@@H](c2ccc3c(N)ncnn23)[C@H](OCc2ccccc2)[C@@H]1C. The lowest BCUT2D eigenvalue weighted by atomic mass is 9.84. The van der Waals surface area contributed by atoms with Gasteiger partial charge in [-0.3, -0.25) is 0 Å². The number of nitrogens with two attached hydrogens (primary N) is 2. The Labute approximate surface area is 321 Å². The van der Waals surface area contributed by atoms with Crippen LogP contribution in [-0.2, 0) is 37.9 Å². The van der Waals surface area contributed by atoms with E-state index in [-0.39, 0.29) is 29.6 Å². The number of anilines is 2. The molecule has 2 saturated heterocycles. The third kappa shape index (κ3) is 7.07. The summed E-state index contributed by atoms with van der Waals surface area (Å²) >= 11 is 0. The number of benzene rings is 2. The van der Waals surface area contributed by atoms with Crippen molar-refractivity contribution in [3.63, 3.8) is 0 Å². The lowest BCUT2D eigenvalue weighted by Crippen LogP contribution is -2.41. The molecule has 1 unspecified atom stereocenters. The highest BCUT2D eigenvalue weighted by atomic mass is 16.7. The maximum atomic E-state index is 11.7. The predicted octanol–water partition coefficient (Wildman–Crippen LogP) is 6.65. The minimum absolute atomic E-state index is 0.0454. The van der Waals surface area contributed by atoms with E-state index in [4.69, 9.17) is 30.4 Å². The van der Waals surface area contributed by atoms with E-state index in [2.05, 4.69) is 60.0 Å². The van der Waals surface area contributed by atoms with Crippen molar-refractivity contribution in [3.05, 3.63) is 120 Å².